The van der Waals surface area contributed by atoms with Crippen LogP contribution < -0.4 is 4.74 Å². The van der Waals surface area contributed by atoms with Gasteiger partial charge in [-0.3, -0.25) is 4.79 Å². The number of ether oxygens (including phenoxy) is 2. The van der Waals surface area contributed by atoms with Crippen molar-refractivity contribution in [3.05, 3.63) is 107 Å². The minimum absolute atomic E-state index is 0.0481. The van der Waals surface area contributed by atoms with Gasteiger partial charge in [-0.25, -0.2) is 9.07 Å². The first-order valence-corrected chi connectivity index (χ1v) is 13.2. The van der Waals surface area contributed by atoms with E-state index >= 15 is 0 Å². The van der Waals surface area contributed by atoms with Gasteiger partial charge in [-0.05, 0) is 67.8 Å². The van der Waals surface area contributed by atoms with Crippen molar-refractivity contribution in [2.45, 2.75) is 38.8 Å². The Morgan fingerprint density at radius 1 is 1.13 bits per heavy atom. The van der Waals surface area contributed by atoms with Crippen molar-refractivity contribution in [1.29, 1.82) is 0 Å². The maximum atomic E-state index is 14.0. The van der Waals surface area contributed by atoms with Crippen LogP contribution in [-0.2, 0) is 17.7 Å². The van der Waals surface area contributed by atoms with E-state index in [4.69, 9.17) is 26.2 Å². The second-order valence-corrected chi connectivity index (χ2v) is 9.65. The number of aromatic nitrogens is 2. The van der Waals surface area contributed by atoms with E-state index in [9.17, 15) is 9.18 Å². The Morgan fingerprint density at radius 3 is 2.61 bits per heavy atom. The second-order valence-electron chi connectivity index (χ2n) is 9.22. The van der Waals surface area contributed by atoms with Crippen LogP contribution in [0, 0.1) is 5.82 Å². The number of para-hydroxylation sites is 1. The molecule has 196 valence electrons. The Hall–Kier alpha value is -3.68. The largest absolute Gasteiger partial charge is 0.438 e. The average molecular weight is 534 g/mol. The van der Waals surface area contributed by atoms with Gasteiger partial charge >= 0.3 is 0 Å². The molecule has 0 radical (unpaired) electrons. The SMILES string of the molecule is CCc1nn(-c2ccccc2)c(Oc2cccc(F)c2)c1CN(C[C@@H]1CCCO1)C(=O)c1ccc(Cl)cc1. The van der Waals surface area contributed by atoms with E-state index in [-0.39, 0.29) is 18.6 Å². The summed E-state index contributed by atoms with van der Waals surface area (Å²) in [5.41, 5.74) is 2.89. The molecule has 1 amide bonds. The zero-order chi connectivity index (χ0) is 26.5. The molecule has 0 aliphatic carbocycles. The predicted octanol–water partition coefficient (Wildman–Crippen LogP) is 6.84. The summed E-state index contributed by atoms with van der Waals surface area (Å²) < 4.78 is 28.0. The maximum absolute atomic E-state index is 14.0. The Bertz CT molecular complexity index is 1390. The number of hydrogen-bond donors (Lipinski definition) is 0. The van der Waals surface area contributed by atoms with Crippen LogP contribution in [0.2, 0.25) is 5.02 Å². The first-order chi connectivity index (χ1) is 18.5. The van der Waals surface area contributed by atoms with Crippen molar-refractivity contribution in [3.63, 3.8) is 0 Å². The van der Waals surface area contributed by atoms with Gasteiger partial charge in [0, 0.05) is 29.8 Å². The van der Waals surface area contributed by atoms with Crippen molar-refractivity contribution in [2.75, 3.05) is 13.2 Å². The molecule has 0 bridgehead atoms. The highest BCUT2D eigenvalue weighted by molar-refractivity contribution is 6.30. The summed E-state index contributed by atoms with van der Waals surface area (Å²) in [5, 5.41) is 5.42. The minimum atomic E-state index is -0.400. The fourth-order valence-corrected chi connectivity index (χ4v) is 4.76. The summed E-state index contributed by atoms with van der Waals surface area (Å²) in [6.07, 6.45) is 2.43. The number of halogens is 2. The fraction of sp³-hybridized carbons (Fsp3) is 0.267. The molecule has 5 rings (SSSR count). The predicted molar refractivity (Wildman–Crippen MR) is 145 cm³/mol. The number of carbonyl (C=O) groups is 1. The van der Waals surface area contributed by atoms with E-state index in [0.29, 0.717) is 41.8 Å². The van der Waals surface area contributed by atoms with E-state index < -0.39 is 5.82 Å². The molecule has 38 heavy (non-hydrogen) atoms. The van der Waals surface area contributed by atoms with Gasteiger partial charge in [0.15, 0.2) is 0 Å². The number of rotatable bonds is 9. The Balaban J connectivity index is 1.57. The minimum Gasteiger partial charge on any atom is -0.438 e. The molecule has 0 saturated carbocycles. The molecule has 3 aromatic carbocycles. The van der Waals surface area contributed by atoms with E-state index in [0.717, 1.165) is 29.8 Å². The third-order valence-corrected chi connectivity index (χ3v) is 6.79. The lowest BCUT2D eigenvalue weighted by atomic mass is 10.1. The third-order valence-electron chi connectivity index (χ3n) is 6.54. The van der Waals surface area contributed by atoms with Crippen molar-refractivity contribution in [1.82, 2.24) is 14.7 Å². The number of hydrogen-bond acceptors (Lipinski definition) is 4. The summed E-state index contributed by atoms with van der Waals surface area (Å²) >= 11 is 6.07. The zero-order valence-electron chi connectivity index (χ0n) is 21.1. The standard InChI is InChI=1S/C30H29ClFN3O3/c1-2-28-27(20-34(19-26-12-7-17-37-26)29(36)21-13-15-22(31)16-14-21)30(38-25-11-6-8-23(32)18-25)35(33-28)24-9-4-3-5-10-24/h3-6,8-11,13-16,18,26H,2,7,12,17,19-20H2,1H3/t26-/m0/s1. The van der Waals surface area contributed by atoms with Crippen molar-refractivity contribution >= 4 is 17.5 Å². The molecule has 1 aliphatic rings. The van der Waals surface area contributed by atoms with Gasteiger partial charge in [-0.2, -0.15) is 5.10 Å². The average Bonchev–Trinajstić information content (AvgIpc) is 3.57. The molecule has 4 aromatic rings. The first-order valence-electron chi connectivity index (χ1n) is 12.8. The van der Waals surface area contributed by atoms with E-state index in [1.54, 1.807) is 46.0 Å². The number of carbonyl (C=O) groups excluding carboxylic acids is 1. The molecule has 0 unspecified atom stereocenters. The molecule has 1 fully saturated rings. The molecule has 0 N–H and O–H groups in total. The summed E-state index contributed by atoms with van der Waals surface area (Å²) in [5.74, 6) is 0.257. The number of aryl methyl sites for hydroxylation is 1. The van der Waals surface area contributed by atoms with Crippen LogP contribution >= 0.6 is 11.6 Å². The van der Waals surface area contributed by atoms with Gasteiger partial charge in [-0.15, -0.1) is 0 Å². The van der Waals surface area contributed by atoms with Crippen molar-refractivity contribution in [2.24, 2.45) is 0 Å². The lowest BCUT2D eigenvalue weighted by molar-refractivity contribution is 0.0505. The fourth-order valence-electron chi connectivity index (χ4n) is 4.63. The second kappa shape index (κ2) is 11.8. The van der Waals surface area contributed by atoms with Gasteiger partial charge in [0.2, 0.25) is 5.88 Å². The van der Waals surface area contributed by atoms with Crippen LogP contribution in [0.4, 0.5) is 4.39 Å². The lowest BCUT2D eigenvalue weighted by Gasteiger charge is -2.26. The van der Waals surface area contributed by atoms with Crippen molar-refractivity contribution in [3.8, 4) is 17.3 Å². The zero-order valence-corrected chi connectivity index (χ0v) is 21.9. The topological polar surface area (TPSA) is 56.6 Å². The van der Waals surface area contributed by atoms with Crippen LogP contribution in [0.25, 0.3) is 5.69 Å². The molecule has 8 heteroatoms. The number of benzene rings is 3. The third kappa shape index (κ3) is 5.90. The van der Waals surface area contributed by atoms with Crippen LogP contribution in [0.15, 0.2) is 78.9 Å². The quantitative estimate of drug-likeness (QED) is 0.236. The summed E-state index contributed by atoms with van der Waals surface area (Å²) in [4.78, 5) is 15.5. The molecule has 1 saturated heterocycles. The molecule has 1 aromatic heterocycles. The van der Waals surface area contributed by atoms with E-state index in [1.165, 1.54) is 12.1 Å². The smallest absolute Gasteiger partial charge is 0.254 e. The van der Waals surface area contributed by atoms with Crippen LogP contribution in [0.3, 0.4) is 0 Å². The molecule has 1 atom stereocenters. The summed E-state index contributed by atoms with van der Waals surface area (Å²) in [6, 6.07) is 22.5. The van der Waals surface area contributed by atoms with Gasteiger partial charge < -0.3 is 14.4 Å². The Kier molecular flexibility index (Phi) is 8.05. The molecular formula is C30H29ClFN3O3. The Labute approximate surface area is 226 Å². The molecule has 6 nitrogen and oxygen atoms in total. The molecule has 1 aliphatic heterocycles. The van der Waals surface area contributed by atoms with Gasteiger partial charge in [0.1, 0.15) is 11.6 Å². The monoisotopic (exact) mass is 533 g/mol. The normalized spacial score (nSPS) is 15.0. The highest BCUT2D eigenvalue weighted by Crippen LogP contribution is 2.33. The lowest BCUT2D eigenvalue weighted by Crippen LogP contribution is -2.37. The molecule has 2 heterocycles. The summed E-state index contributed by atoms with van der Waals surface area (Å²) in [7, 11) is 0. The van der Waals surface area contributed by atoms with E-state index in [1.807, 2.05) is 37.3 Å². The maximum Gasteiger partial charge on any atom is 0.254 e. The van der Waals surface area contributed by atoms with Gasteiger partial charge in [0.25, 0.3) is 5.91 Å². The molecule has 0 spiro atoms. The summed E-state index contributed by atoms with van der Waals surface area (Å²) in [6.45, 7) is 3.38. The van der Waals surface area contributed by atoms with Gasteiger partial charge in [-0.1, -0.05) is 42.8 Å². The first kappa shape index (κ1) is 25.9. The van der Waals surface area contributed by atoms with Gasteiger partial charge in [0.05, 0.1) is 29.6 Å². The van der Waals surface area contributed by atoms with Crippen LogP contribution in [0.5, 0.6) is 11.6 Å². The highest BCUT2D eigenvalue weighted by atomic mass is 35.5. The van der Waals surface area contributed by atoms with Crippen LogP contribution in [-0.4, -0.2) is 39.8 Å². The number of nitrogens with zero attached hydrogens (tertiary/aromatic N) is 3. The highest BCUT2D eigenvalue weighted by Gasteiger charge is 2.28. The Morgan fingerprint density at radius 2 is 1.92 bits per heavy atom. The number of amides is 1. The molecular weight excluding hydrogens is 505 g/mol. The van der Waals surface area contributed by atoms with E-state index in [2.05, 4.69) is 0 Å². The van der Waals surface area contributed by atoms with Crippen LogP contribution in [0.1, 0.15) is 41.4 Å². The van der Waals surface area contributed by atoms with Crippen molar-refractivity contribution < 1.29 is 18.7 Å².